The molecule has 0 aromatic carbocycles. The lowest BCUT2D eigenvalue weighted by molar-refractivity contribution is -0.145. The number of rotatable bonds is 9. The molecule has 172 valence electrons. The molecule has 2 aromatic heterocycles. The average Bonchev–Trinajstić information content (AvgIpc) is 3.22. The van der Waals surface area contributed by atoms with Crippen LogP contribution in [0.2, 0.25) is 0 Å². The number of halogens is 3. The number of aliphatic carboxylic acids is 1. The van der Waals surface area contributed by atoms with Crippen molar-refractivity contribution in [3.63, 3.8) is 0 Å². The number of aromatic nitrogens is 5. The van der Waals surface area contributed by atoms with E-state index in [9.17, 15) is 33.3 Å². The van der Waals surface area contributed by atoms with Crippen LogP contribution in [-0.2, 0) is 4.79 Å². The summed E-state index contributed by atoms with van der Waals surface area (Å²) in [6.45, 7) is 2.55. The van der Waals surface area contributed by atoms with Crippen LogP contribution >= 0.6 is 11.8 Å². The van der Waals surface area contributed by atoms with E-state index >= 15 is 0 Å². The van der Waals surface area contributed by atoms with E-state index in [0.717, 1.165) is 24.6 Å². The van der Waals surface area contributed by atoms with Gasteiger partial charge in [-0.15, -0.1) is 5.10 Å². The lowest BCUT2D eigenvalue weighted by atomic mass is 10.1. The van der Waals surface area contributed by atoms with Crippen molar-refractivity contribution in [2.45, 2.75) is 62.2 Å². The molecule has 2 heterocycles. The van der Waals surface area contributed by atoms with Crippen molar-refractivity contribution in [1.29, 1.82) is 0 Å². The fourth-order valence-electron chi connectivity index (χ4n) is 3.36. The molecule has 1 aliphatic rings. The Labute approximate surface area is 179 Å². The molecule has 10 nitrogen and oxygen atoms in total. The number of carbonyl (C=O) groups is 1. The summed E-state index contributed by atoms with van der Waals surface area (Å²) in [6.07, 6.45) is -6.60. The number of fused-ring (bicyclic) bond motifs is 1. The number of unbranched alkanes of at least 4 members (excludes halogenated alkanes) is 1. The van der Waals surface area contributed by atoms with Gasteiger partial charge in [-0.3, -0.25) is 4.79 Å². The highest BCUT2D eigenvalue weighted by atomic mass is 32.2. The molecule has 4 atom stereocenters. The van der Waals surface area contributed by atoms with Gasteiger partial charge in [0.25, 0.3) is 0 Å². The maximum Gasteiger partial charge on any atom is 0.389 e. The monoisotopic (exact) mass is 464 g/mol. The van der Waals surface area contributed by atoms with Crippen molar-refractivity contribution < 1.29 is 33.3 Å². The standard InChI is InChI=1S/C17H23F3N6O4S/c1-2-3-5-21-13-10-14(23-16(22-13)31-6-4-17(18,19)20)26(25-24-10)9-7-8(15(29)30)11(27)12(9)28/h8-9,11-12,27-28H,2-7H2,1H3,(H,29,30)(H,21,22,23)/t8-,9?,11?,12?/m0/s1. The topological polar surface area (TPSA) is 146 Å². The Morgan fingerprint density at radius 3 is 2.65 bits per heavy atom. The van der Waals surface area contributed by atoms with E-state index < -0.39 is 42.7 Å². The molecule has 3 unspecified atom stereocenters. The number of carboxylic acid groups (broad SMARTS) is 1. The Morgan fingerprint density at radius 1 is 1.29 bits per heavy atom. The first kappa shape index (κ1) is 23.5. The second kappa shape index (κ2) is 9.53. The van der Waals surface area contributed by atoms with E-state index in [4.69, 9.17) is 0 Å². The van der Waals surface area contributed by atoms with Crippen molar-refractivity contribution in [3.05, 3.63) is 0 Å². The Hall–Kier alpha value is -2.19. The number of alkyl halides is 3. The summed E-state index contributed by atoms with van der Waals surface area (Å²) in [5, 5.41) is 40.8. The molecule has 2 aromatic rings. The first-order valence-corrected chi connectivity index (χ1v) is 10.8. The SMILES string of the molecule is CCCCNc1nc(SCCC(F)(F)F)nc2c1nnn2C1C[C@H](C(=O)O)C(O)C1O. The number of nitrogens with zero attached hydrogens (tertiary/aromatic N) is 5. The summed E-state index contributed by atoms with van der Waals surface area (Å²) in [5.74, 6) is -2.43. The third-order valence-corrected chi connectivity index (χ3v) is 5.87. The zero-order chi connectivity index (χ0) is 22.8. The number of nitrogens with one attached hydrogen (secondary N) is 1. The lowest BCUT2D eigenvalue weighted by Gasteiger charge is -2.16. The van der Waals surface area contributed by atoms with Crippen molar-refractivity contribution in [2.24, 2.45) is 5.92 Å². The van der Waals surface area contributed by atoms with Crippen LogP contribution < -0.4 is 5.32 Å². The highest BCUT2D eigenvalue weighted by Crippen LogP contribution is 2.37. The number of hydrogen-bond acceptors (Lipinski definition) is 9. The van der Waals surface area contributed by atoms with Gasteiger partial charge in [0.1, 0.15) is 6.10 Å². The van der Waals surface area contributed by atoms with E-state index in [1.165, 1.54) is 4.68 Å². The molecule has 0 amide bonds. The third kappa shape index (κ3) is 5.36. The first-order valence-electron chi connectivity index (χ1n) is 9.77. The minimum atomic E-state index is -4.31. The van der Waals surface area contributed by atoms with Crippen molar-refractivity contribution in [3.8, 4) is 0 Å². The Balaban J connectivity index is 1.94. The van der Waals surface area contributed by atoms with E-state index in [1.54, 1.807) is 0 Å². The van der Waals surface area contributed by atoms with Gasteiger partial charge in [0.05, 0.1) is 24.5 Å². The van der Waals surface area contributed by atoms with Crippen LogP contribution in [0.1, 0.15) is 38.6 Å². The molecule has 1 fully saturated rings. The molecule has 31 heavy (non-hydrogen) atoms. The largest absolute Gasteiger partial charge is 0.481 e. The quantitative estimate of drug-likeness (QED) is 0.246. The Bertz CT molecular complexity index is 927. The van der Waals surface area contributed by atoms with Crippen molar-refractivity contribution >= 4 is 34.7 Å². The molecule has 0 spiro atoms. The summed E-state index contributed by atoms with van der Waals surface area (Å²) in [4.78, 5) is 19.9. The van der Waals surface area contributed by atoms with Crippen LogP contribution in [0.25, 0.3) is 11.2 Å². The molecule has 0 bridgehead atoms. The van der Waals surface area contributed by atoms with Crippen LogP contribution in [-0.4, -0.2) is 76.9 Å². The molecule has 0 aliphatic heterocycles. The van der Waals surface area contributed by atoms with E-state index in [2.05, 4.69) is 25.6 Å². The van der Waals surface area contributed by atoms with Gasteiger partial charge in [-0.2, -0.15) is 13.2 Å². The fraction of sp³-hybridized carbons (Fsp3) is 0.706. The first-order chi connectivity index (χ1) is 14.6. The molecular weight excluding hydrogens is 441 g/mol. The smallest absolute Gasteiger partial charge is 0.389 e. The lowest BCUT2D eigenvalue weighted by Crippen LogP contribution is -2.32. The minimum Gasteiger partial charge on any atom is -0.481 e. The zero-order valence-corrected chi connectivity index (χ0v) is 17.4. The molecule has 1 saturated carbocycles. The summed E-state index contributed by atoms with van der Waals surface area (Å²) in [7, 11) is 0. The molecule has 3 rings (SSSR count). The number of hydrogen-bond donors (Lipinski definition) is 4. The molecule has 0 saturated heterocycles. The Kier molecular flexibility index (Phi) is 7.21. The maximum absolute atomic E-state index is 12.5. The summed E-state index contributed by atoms with van der Waals surface area (Å²) in [6, 6.07) is -0.910. The maximum atomic E-state index is 12.5. The van der Waals surface area contributed by atoms with Crippen molar-refractivity contribution in [1.82, 2.24) is 25.0 Å². The molecular formula is C17H23F3N6O4S. The van der Waals surface area contributed by atoms with Crippen LogP contribution in [0.3, 0.4) is 0 Å². The number of aliphatic hydroxyl groups is 2. The minimum absolute atomic E-state index is 0.0714. The average molecular weight is 464 g/mol. The number of anilines is 1. The van der Waals surface area contributed by atoms with E-state index in [0.29, 0.717) is 12.4 Å². The normalized spacial score (nSPS) is 24.1. The van der Waals surface area contributed by atoms with Crippen LogP contribution in [0.4, 0.5) is 19.0 Å². The summed E-state index contributed by atoms with van der Waals surface area (Å²) >= 11 is 0.820. The van der Waals surface area contributed by atoms with Gasteiger partial charge >= 0.3 is 12.1 Å². The molecule has 1 aliphatic carbocycles. The van der Waals surface area contributed by atoms with Crippen LogP contribution in [0.15, 0.2) is 5.16 Å². The van der Waals surface area contributed by atoms with Gasteiger partial charge in [0.15, 0.2) is 22.1 Å². The van der Waals surface area contributed by atoms with E-state index in [-0.39, 0.29) is 28.5 Å². The third-order valence-electron chi connectivity index (χ3n) is 5.03. The molecule has 4 N–H and O–H groups in total. The van der Waals surface area contributed by atoms with E-state index in [1.807, 2.05) is 6.92 Å². The number of aliphatic hydroxyl groups excluding tert-OH is 2. The second-order valence-electron chi connectivity index (χ2n) is 7.28. The van der Waals surface area contributed by atoms with Gasteiger partial charge in [0, 0.05) is 12.3 Å². The highest BCUT2D eigenvalue weighted by molar-refractivity contribution is 7.99. The van der Waals surface area contributed by atoms with Crippen LogP contribution in [0.5, 0.6) is 0 Å². The van der Waals surface area contributed by atoms with Crippen molar-refractivity contribution in [2.75, 3.05) is 17.6 Å². The second-order valence-corrected chi connectivity index (χ2v) is 8.35. The van der Waals surface area contributed by atoms with Gasteiger partial charge in [-0.05, 0) is 12.8 Å². The predicted octanol–water partition coefficient (Wildman–Crippen LogP) is 1.85. The van der Waals surface area contributed by atoms with Gasteiger partial charge in [-0.1, -0.05) is 30.3 Å². The van der Waals surface area contributed by atoms with Gasteiger partial charge in [0.2, 0.25) is 0 Å². The Morgan fingerprint density at radius 2 is 2.03 bits per heavy atom. The highest BCUT2D eigenvalue weighted by Gasteiger charge is 2.47. The summed E-state index contributed by atoms with van der Waals surface area (Å²) < 4.78 is 38.7. The summed E-state index contributed by atoms with van der Waals surface area (Å²) in [5.41, 5.74) is 0.391. The van der Waals surface area contributed by atoms with Gasteiger partial charge < -0.3 is 20.6 Å². The van der Waals surface area contributed by atoms with Crippen LogP contribution in [0, 0.1) is 5.92 Å². The molecule has 0 radical (unpaired) electrons. The number of thioether (sulfide) groups is 1. The zero-order valence-electron chi connectivity index (χ0n) is 16.6. The predicted molar refractivity (Wildman–Crippen MR) is 105 cm³/mol. The number of carboxylic acids is 1. The van der Waals surface area contributed by atoms with Gasteiger partial charge in [-0.25, -0.2) is 14.6 Å². The molecule has 14 heteroatoms. The fourth-order valence-corrected chi connectivity index (χ4v) is 4.18.